The number of carbonyl (C=O) groups excluding carboxylic acids is 4. The molecule has 0 aliphatic carbocycles. The van der Waals surface area contributed by atoms with Crippen LogP contribution in [-0.4, -0.2) is 56.5 Å². The van der Waals surface area contributed by atoms with Crippen molar-refractivity contribution < 1.29 is 58.6 Å². The van der Waals surface area contributed by atoms with Crippen LogP contribution in [0.2, 0.25) is 0 Å². The summed E-state index contributed by atoms with van der Waals surface area (Å²) in [6.07, 6.45) is -2.50. The van der Waals surface area contributed by atoms with Crippen molar-refractivity contribution in [2.75, 3.05) is 0 Å². The number of aromatic hydroxyl groups is 4. The Hall–Kier alpha value is -8.12. The van der Waals surface area contributed by atoms with Gasteiger partial charge in [-0.1, -0.05) is 133 Å². The Bertz CT molecular complexity index is 2210. The molecule has 0 aromatic heterocycles. The van der Waals surface area contributed by atoms with Crippen molar-refractivity contribution in [3.05, 3.63) is 203 Å². The van der Waals surface area contributed by atoms with Gasteiger partial charge in [-0.15, -0.1) is 0 Å². The summed E-state index contributed by atoms with van der Waals surface area (Å²) in [6, 6.07) is 42.2. The predicted octanol–water partition coefficient (Wildman–Crippen LogP) is 7.72. The number of phenols is 4. The molecule has 12 heteroatoms. The maximum absolute atomic E-state index is 14.5. The van der Waals surface area contributed by atoms with Gasteiger partial charge in [-0.3, -0.25) is 0 Å². The van der Waals surface area contributed by atoms with Gasteiger partial charge in [0.05, 0.1) is 0 Å². The summed E-state index contributed by atoms with van der Waals surface area (Å²) in [5.74, 6) is -6.66. The number of hydrogen-bond acceptors (Lipinski definition) is 12. The fourth-order valence-corrected chi connectivity index (χ4v) is 5.95. The van der Waals surface area contributed by atoms with Gasteiger partial charge in [0.2, 0.25) is 12.2 Å². The lowest BCUT2D eigenvalue weighted by atomic mass is 10.0. The Morgan fingerprint density at radius 3 is 0.967 bits per heavy atom. The Labute approximate surface area is 344 Å². The van der Waals surface area contributed by atoms with Crippen LogP contribution in [-0.2, 0) is 38.1 Å². The molecule has 4 N–H and O–H groups in total. The quantitative estimate of drug-likeness (QED) is 0.0343. The maximum Gasteiger partial charge on any atom is 0.353 e. The van der Waals surface area contributed by atoms with Gasteiger partial charge in [-0.2, -0.15) is 0 Å². The van der Waals surface area contributed by atoms with Crippen molar-refractivity contribution in [1.29, 1.82) is 0 Å². The molecule has 2 atom stereocenters. The van der Waals surface area contributed by atoms with Crippen molar-refractivity contribution in [1.82, 2.24) is 0 Å². The fourth-order valence-electron chi connectivity index (χ4n) is 5.95. The highest BCUT2D eigenvalue weighted by molar-refractivity contribution is 5.95. The first kappa shape index (κ1) is 41.5. The molecular formula is C48H38O12. The largest absolute Gasteiger partial charge is 0.504 e. The SMILES string of the molecule is O=C(/C=C/c1ccc(O)c(O)c1)O[C@H](C(=O)OC(c1ccccc1)c1ccccc1)[C@H](OC(=O)/C=C/c1ccc(O)c(O)c1)C(=O)OC(c1ccccc1)c1ccccc1. The van der Waals surface area contributed by atoms with Crippen LogP contribution < -0.4 is 0 Å². The predicted molar refractivity (Wildman–Crippen MR) is 219 cm³/mol. The molecule has 6 aromatic rings. The topological polar surface area (TPSA) is 186 Å². The van der Waals surface area contributed by atoms with Gasteiger partial charge in [0.1, 0.15) is 0 Å². The van der Waals surface area contributed by atoms with E-state index in [1.165, 1.54) is 48.6 Å². The maximum atomic E-state index is 14.5. The minimum absolute atomic E-state index is 0.260. The number of phenolic OH excluding ortho intramolecular Hbond substituents is 4. The van der Waals surface area contributed by atoms with E-state index < -0.39 is 71.3 Å². The second kappa shape index (κ2) is 19.8. The minimum Gasteiger partial charge on any atom is -0.504 e. The van der Waals surface area contributed by atoms with Crippen LogP contribution in [0.3, 0.4) is 0 Å². The Morgan fingerprint density at radius 2 is 0.683 bits per heavy atom. The molecule has 302 valence electrons. The molecule has 6 aromatic carbocycles. The Kier molecular flexibility index (Phi) is 13.7. The second-order valence-electron chi connectivity index (χ2n) is 13.2. The number of esters is 4. The zero-order valence-corrected chi connectivity index (χ0v) is 31.7. The summed E-state index contributed by atoms with van der Waals surface area (Å²) < 4.78 is 23.4. The van der Waals surface area contributed by atoms with E-state index in [0.717, 1.165) is 12.2 Å². The zero-order chi connectivity index (χ0) is 42.4. The van der Waals surface area contributed by atoms with Gasteiger partial charge < -0.3 is 39.4 Å². The lowest BCUT2D eigenvalue weighted by Crippen LogP contribution is -2.47. The number of rotatable bonds is 15. The summed E-state index contributed by atoms with van der Waals surface area (Å²) >= 11 is 0. The molecule has 0 heterocycles. The molecule has 12 nitrogen and oxygen atoms in total. The summed E-state index contributed by atoms with van der Waals surface area (Å²) in [5, 5.41) is 39.4. The molecule has 0 spiro atoms. The van der Waals surface area contributed by atoms with Crippen LogP contribution in [0, 0.1) is 0 Å². The van der Waals surface area contributed by atoms with Crippen molar-refractivity contribution in [2.45, 2.75) is 24.4 Å². The summed E-state index contributed by atoms with van der Waals surface area (Å²) in [5.41, 5.74) is 2.63. The van der Waals surface area contributed by atoms with E-state index in [2.05, 4.69) is 0 Å². The summed E-state index contributed by atoms with van der Waals surface area (Å²) in [4.78, 5) is 56.2. The lowest BCUT2D eigenvalue weighted by Gasteiger charge is -2.28. The van der Waals surface area contributed by atoms with Crippen LogP contribution >= 0.6 is 0 Å². The number of hydrogen-bond donors (Lipinski definition) is 4. The van der Waals surface area contributed by atoms with E-state index in [-0.39, 0.29) is 11.1 Å². The lowest BCUT2D eigenvalue weighted by molar-refractivity contribution is -0.191. The van der Waals surface area contributed by atoms with Crippen molar-refractivity contribution in [3.8, 4) is 23.0 Å². The van der Waals surface area contributed by atoms with Crippen molar-refractivity contribution in [2.24, 2.45) is 0 Å². The molecule has 0 saturated heterocycles. The molecule has 60 heavy (non-hydrogen) atoms. The van der Waals surface area contributed by atoms with Crippen LogP contribution in [0.4, 0.5) is 0 Å². The fraction of sp³-hybridized carbons (Fsp3) is 0.0833. The second-order valence-corrected chi connectivity index (χ2v) is 13.2. The Morgan fingerprint density at radius 1 is 0.383 bits per heavy atom. The average Bonchev–Trinajstić information content (AvgIpc) is 3.27. The number of ether oxygens (including phenoxy) is 4. The third-order valence-corrected chi connectivity index (χ3v) is 8.93. The monoisotopic (exact) mass is 806 g/mol. The average molecular weight is 807 g/mol. The van der Waals surface area contributed by atoms with Crippen LogP contribution in [0.5, 0.6) is 23.0 Å². The molecule has 0 fully saturated rings. The van der Waals surface area contributed by atoms with E-state index in [1.54, 1.807) is 121 Å². The van der Waals surface area contributed by atoms with Crippen LogP contribution in [0.15, 0.2) is 170 Å². The van der Waals surface area contributed by atoms with E-state index in [4.69, 9.17) is 18.9 Å². The molecule has 0 saturated carbocycles. The molecule has 0 bridgehead atoms. The van der Waals surface area contributed by atoms with Gasteiger partial charge in [0.25, 0.3) is 0 Å². The highest BCUT2D eigenvalue weighted by Crippen LogP contribution is 2.31. The molecule has 0 radical (unpaired) electrons. The Balaban J connectivity index is 1.41. The van der Waals surface area contributed by atoms with E-state index in [0.29, 0.717) is 22.3 Å². The zero-order valence-electron chi connectivity index (χ0n) is 31.7. The molecule has 0 aliphatic heterocycles. The van der Waals surface area contributed by atoms with E-state index in [1.807, 2.05) is 0 Å². The first-order chi connectivity index (χ1) is 29.0. The van der Waals surface area contributed by atoms with Crippen LogP contribution in [0.25, 0.3) is 12.2 Å². The van der Waals surface area contributed by atoms with Crippen molar-refractivity contribution >= 4 is 36.0 Å². The minimum atomic E-state index is -2.28. The third-order valence-electron chi connectivity index (χ3n) is 8.93. The molecule has 0 amide bonds. The van der Waals surface area contributed by atoms with Gasteiger partial charge >= 0.3 is 23.9 Å². The number of carbonyl (C=O) groups is 4. The van der Waals surface area contributed by atoms with Gasteiger partial charge in [-0.05, 0) is 69.8 Å². The standard InChI is InChI=1S/C48H38O12/c49-37-25-21-31(29-39(37)51)23-27-41(53)57-45(47(55)59-43(33-13-5-1-6-14-33)34-15-7-2-8-16-34)46(58-42(54)28-24-32-22-26-38(50)40(52)30-32)48(56)60-44(35-17-9-3-10-18-35)36-19-11-4-12-20-36/h1-30,43-46,49-52H/b27-23+,28-24+/t45-,46-/m0/s1. The number of benzene rings is 6. The first-order valence-electron chi connectivity index (χ1n) is 18.5. The first-order valence-corrected chi connectivity index (χ1v) is 18.5. The molecule has 0 unspecified atom stereocenters. The molecular weight excluding hydrogens is 769 g/mol. The normalized spacial score (nSPS) is 12.2. The summed E-state index contributed by atoms with van der Waals surface area (Å²) in [7, 11) is 0. The molecule has 0 aliphatic rings. The highest BCUT2D eigenvalue weighted by Gasteiger charge is 2.44. The summed E-state index contributed by atoms with van der Waals surface area (Å²) in [6.45, 7) is 0. The van der Waals surface area contributed by atoms with E-state index in [9.17, 15) is 39.6 Å². The van der Waals surface area contributed by atoms with Gasteiger partial charge in [0, 0.05) is 12.2 Å². The van der Waals surface area contributed by atoms with Crippen molar-refractivity contribution in [3.63, 3.8) is 0 Å². The van der Waals surface area contributed by atoms with Gasteiger partial charge in [-0.25, -0.2) is 19.2 Å². The van der Waals surface area contributed by atoms with E-state index >= 15 is 0 Å². The third kappa shape index (κ3) is 11.0. The smallest absolute Gasteiger partial charge is 0.353 e. The van der Waals surface area contributed by atoms with Crippen LogP contribution in [0.1, 0.15) is 45.6 Å². The van der Waals surface area contributed by atoms with Gasteiger partial charge in [0.15, 0.2) is 35.2 Å². The highest BCUT2D eigenvalue weighted by atomic mass is 16.6. The molecule has 6 rings (SSSR count).